The molecule has 148 valence electrons. The molecule has 2 aromatic carbocycles. The fourth-order valence-electron chi connectivity index (χ4n) is 3.19. The van der Waals surface area contributed by atoms with Crippen LogP contribution in [-0.2, 0) is 4.74 Å². The molecule has 0 bridgehead atoms. The molecule has 0 radical (unpaired) electrons. The first kappa shape index (κ1) is 19.0. The van der Waals surface area contributed by atoms with Crippen molar-refractivity contribution in [3.63, 3.8) is 0 Å². The molecule has 7 nitrogen and oxygen atoms in total. The van der Waals surface area contributed by atoms with Gasteiger partial charge >= 0.3 is 5.97 Å². The second-order valence-corrected chi connectivity index (χ2v) is 6.84. The molecule has 0 spiro atoms. The molecule has 2 aromatic heterocycles. The summed E-state index contributed by atoms with van der Waals surface area (Å²) in [4.78, 5) is 22.1. The Labute approximate surface area is 172 Å². The Morgan fingerprint density at radius 3 is 2.55 bits per heavy atom. The Bertz CT molecular complexity index is 1240. The maximum absolute atomic E-state index is 12.8. The quantitative estimate of drug-likeness (QED) is 0.491. The van der Waals surface area contributed by atoms with Crippen molar-refractivity contribution < 1.29 is 14.3 Å². The molecule has 0 saturated carbocycles. The number of ether oxygens (including phenoxy) is 2. The minimum absolute atomic E-state index is 0.192. The molecule has 4 aromatic rings. The number of nitrogens with two attached hydrogens (primary N) is 1. The summed E-state index contributed by atoms with van der Waals surface area (Å²) in [5.41, 5.74) is 9.42. The predicted molar refractivity (Wildman–Crippen MR) is 113 cm³/mol. The van der Waals surface area contributed by atoms with Crippen LogP contribution in [0.4, 0.5) is 5.82 Å². The zero-order valence-electron chi connectivity index (χ0n) is 16.0. The number of carbonyl (C=O) groups excluding carboxylic acids is 1. The smallest absolute Gasteiger partial charge is 0.344 e. The maximum atomic E-state index is 12.8. The number of anilines is 1. The minimum Gasteiger partial charge on any atom is -0.495 e. The van der Waals surface area contributed by atoms with Crippen LogP contribution in [0.25, 0.3) is 27.9 Å². The van der Waals surface area contributed by atoms with Crippen molar-refractivity contribution in [2.45, 2.75) is 13.3 Å². The Morgan fingerprint density at radius 2 is 1.90 bits per heavy atom. The Morgan fingerprint density at radius 1 is 1.17 bits per heavy atom. The van der Waals surface area contributed by atoms with Gasteiger partial charge in [0.05, 0.1) is 35.5 Å². The molecule has 2 N–H and O–H groups in total. The first-order valence-electron chi connectivity index (χ1n) is 9.12. The SMILES string of the molecule is CCCOC(=O)c1c(N)n(-c2ccc(OC)c(Cl)c2)c2nc3ccccc3nc12. The average Bonchev–Trinajstić information content (AvgIpc) is 3.01. The van der Waals surface area contributed by atoms with Crippen LogP contribution in [0, 0.1) is 0 Å². The van der Waals surface area contributed by atoms with Gasteiger partial charge in [-0.05, 0) is 36.8 Å². The number of aromatic nitrogens is 3. The number of carbonyl (C=O) groups is 1. The highest BCUT2D eigenvalue weighted by Crippen LogP contribution is 2.34. The number of halogens is 1. The van der Waals surface area contributed by atoms with Crippen molar-refractivity contribution in [3.8, 4) is 11.4 Å². The lowest BCUT2D eigenvalue weighted by Gasteiger charge is -2.10. The van der Waals surface area contributed by atoms with Gasteiger partial charge in [-0.25, -0.2) is 14.8 Å². The lowest BCUT2D eigenvalue weighted by Crippen LogP contribution is -2.10. The van der Waals surface area contributed by atoms with Gasteiger partial charge in [-0.2, -0.15) is 0 Å². The molecule has 0 atom stereocenters. The molecule has 0 unspecified atom stereocenters. The van der Waals surface area contributed by atoms with Crippen LogP contribution in [0.3, 0.4) is 0 Å². The summed E-state index contributed by atoms with van der Waals surface area (Å²) in [6.07, 6.45) is 0.701. The van der Waals surface area contributed by atoms with Gasteiger partial charge in [0.25, 0.3) is 0 Å². The number of methoxy groups -OCH3 is 1. The van der Waals surface area contributed by atoms with Crippen LogP contribution in [0.2, 0.25) is 5.02 Å². The van der Waals surface area contributed by atoms with Crippen molar-refractivity contribution >= 4 is 45.6 Å². The molecule has 0 aliphatic rings. The highest BCUT2D eigenvalue weighted by molar-refractivity contribution is 6.32. The summed E-state index contributed by atoms with van der Waals surface area (Å²) in [6, 6.07) is 12.6. The zero-order chi connectivity index (χ0) is 20.5. The first-order valence-corrected chi connectivity index (χ1v) is 9.50. The van der Waals surface area contributed by atoms with E-state index in [2.05, 4.69) is 4.98 Å². The van der Waals surface area contributed by atoms with Gasteiger partial charge in [0.15, 0.2) is 5.65 Å². The van der Waals surface area contributed by atoms with Crippen molar-refractivity contribution in [2.75, 3.05) is 19.5 Å². The summed E-state index contributed by atoms with van der Waals surface area (Å²) in [7, 11) is 1.54. The van der Waals surface area contributed by atoms with Crippen molar-refractivity contribution in [3.05, 3.63) is 53.1 Å². The van der Waals surface area contributed by atoms with E-state index in [1.54, 1.807) is 29.9 Å². The number of benzene rings is 2. The molecule has 0 saturated heterocycles. The van der Waals surface area contributed by atoms with E-state index in [-0.39, 0.29) is 11.4 Å². The molecule has 0 amide bonds. The first-order chi connectivity index (χ1) is 14.0. The second-order valence-electron chi connectivity index (χ2n) is 6.43. The molecule has 0 fully saturated rings. The van der Waals surface area contributed by atoms with Crippen LogP contribution < -0.4 is 10.5 Å². The number of fused-ring (bicyclic) bond motifs is 2. The van der Waals surface area contributed by atoms with Gasteiger partial charge in [0.2, 0.25) is 0 Å². The summed E-state index contributed by atoms with van der Waals surface area (Å²) in [5.74, 6) is 0.194. The van der Waals surface area contributed by atoms with Gasteiger partial charge in [-0.3, -0.25) is 4.57 Å². The van der Waals surface area contributed by atoms with Gasteiger partial charge in [-0.15, -0.1) is 0 Å². The van der Waals surface area contributed by atoms with Crippen LogP contribution in [-0.4, -0.2) is 34.2 Å². The van der Waals surface area contributed by atoms with Crippen LogP contribution in [0.15, 0.2) is 42.5 Å². The third-order valence-corrected chi connectivity index (χ3v) is 4.83. The summed E-state index contributed by atoms with van der Waals surface area (Å²) >= 11 is 6.31. The Kier molecular flexibility index (Phi) is 4.98. The van der Waals surface area contributed by atoms with E-state index in [0.29, 0.717) is 51.7 Å². The monoisotopic (exact) mass is 410 g/mol. The maximum Gasteiger partial charge on any atom is 0.344 e. The number of nitrogen functional groups attached to an aromatic ring is 1. The normalized spacial score (nSPS) is 11.1. The van der Waals surface area contributed by atoms with Crippen LogP contribution >= 0.6 is 11.6 Å². The van der Waals surface area contributed by atoms with Crippen LogP contribution in [0.5, 0.6) is 5.75 Å². The number of esters is 1. The summed E-state index contributed by atoms with van der Waals surface area (Å²) in [6.45, 7) is 2.22. The van der Waals surface area contributed by atoms with E-state index in [1.807, 2.05) is 31.2 Å². The average molecular weight is 411 g/mol. The third kappa shape index (κ3) is 3.23. The molecular weight excluding hydrogens is 392 g/mol. The van der Waals surface area contributed by atoms with Crippen LogP contribution in [0.1, 0.15) is 23.7 Å². The molecular formula is C21H19ClN4O3. The van der Waals surface area contributed by atoms with Gasteiger partial charge in [0, 0.05) is 0 Å². The molecule has 0 aliphatic carbocycles. The Balaban J connectivity index is 2.02. The van der Waals surface area contributed by atoms with E-state index in [1.165, 1.54) is 0 Å². The lowest BCUT2D eigenvalue weighted by atomic mass is 10.2. The van der Waals surface area contributed by atoms with E-state index in [0.717, 1.165) is 0 Å². The van der Waals surface area contributed by atoms with E-state index >= 15 is 0 Å². The largest absolute Gasteiger partial charge is 0.495 e. The number of hydrogen-bond donors (Lipinski definition) is 1. The highest BCUT2D eigenvalue weighted by Gasteiger charge is 2.26. The fraction of sp³-hybridized carbons (Fsp3) is 0.190. The molecule has 2 heterocycles. The fourth-order valence-corrected chi connectivity index (χ4v) is 3.44. The van der Waals surface area contributed by atoms with E-state index in [4.69, 9.17) is 31.8 Å². The highest BCUT2D eigenvalue weighted by atomic mass is 35.5. The van der Waals surface area contributed by atoms with Gasteiger partial charge in [0.1, 0.15) is 22.6 Å². The molecule has 4 rings (SSSR count). The number of nitrogens with zero attached hydrogens (tertiary/aromatic N) is 3. The zero-order valence-corrected chi connectivity index (χ0v) is 16.7. The molecule has 0 aliphatic heterocycles. The van der Waals surface area contributed by atoms with Gasteiger partial charge in [-0.1, -0.05) is 30.7 Å². The minimum atomic E-state index is -0.530. The third-order valence-electron chi connectivity index (χ3n) is 4.53. The summed E-state index contributed by atoms with van der Waals surface area (Å²) in [5, 5.41) is 0.412. The Hall–Kier alpha value is -3.32. The van der Waals surface area contributed by atoms with Crippen molar-refractivity contribution in [1.29, 1.82) is 0 Å². The number of rotatable bonds is 5. The summed E-state index contributed by atoms with van der Waals surface area (Å²) < 4.78 is 12.2. The number of para-hydroxylation sites is 2. The standard InChI is InChI=1S/C21H19ClN4O3/c1-3-10-29-21(27)17-18-20(25-15-7-5-4-6-14(15)24-18)26(19(17)23)12-8-9-16(28-2)13(22)11-12/h4-9,11H,3,10,23H2,1-2H3. The van der Waals surface area contributed by atoms with Crippen molar-refractivity contribution in [1.82, 2.24) is 14.5 Å². The molecule has 29 heavy (non-hydrogen) atoms. The second kappa shape index (κ2) is 7.60. The van der Waals surface area contributed by atoms with Gasteiger partial charge < -0.3 is 15.2 Å². The van der Waals surface area contributed by atoms with E-state index < -0.39 is 5.97 Å². The van der Waals surface area contributed by atoms with E-state index in [9.17, 15) is 4.79 Å². The topological polar surface area (TPSA) is 92.3 Å². The lowest BCUT2D eigenvalue weighted by molar-refractivity contribution is 0.0508. The number of hydrogen-bond acceptors (Lipinski definition) is 6. The van der Waals surface area contributed by atoms with Crippen molar-refractivity contribution in [2.24, 2.45) is 0 Å². The molecule has 8 heteroatoms. The predicted octanol–water partition coefficient (Wildman–Crippen LogP) is 4.38.